The lowest BCUT2D eigenvalue weighted by Crippen LogP contribution is -2.14. The van der Waals surface area contributed by atoms with Crippen molar-refractivity contribution in [2.45, 2.75) is 21.3 Å². The predicted molar refractivity (Wildman–Crippen MR) is 106 cm³/mol. The summed E-state index contributed by atoms with van der Waals surface area (Å²) in [6.45, 7) is 1.87. The number of nitrogens with zero attached hydrogens (tertiary/aromatic N) is 4. The molecule has 0 amide bonds. The summed E-state index contributed by atoms with van der Waals surface area (Å²) in [5.41, 5.74) is 1.88. The van der Waals surface area contributed by atoms with Gasteiger partial charge in [0.05, 0.1) is 20.9 Å². The lowest BCUT2D eigenvalue weighted by molar-refractivity contribution is -0.380. The third-order valence-electron chi connectivity index (χ3n) is 3.88. The van der Waals surface area contributed by atoms with Crippen LogP contribution in [0.15, 0.2) is 69.1 Å². The zero-order chi connectivity index (χ0) is 19.9. The summed E-state index contributed by atoms with van der Waals surface area (Å²) in [4.78, 5) is 18.9. The molecule has 0 saturated heterocycles. The third kappa shape index (κ3) is 3.28. The van der Waals surface area contributed by atoms with Crippen LogP contribution in [0, 0.1) is 17.0 Å². The molecule has 4 aromatic rings. The predicted octanol–water partition coefficient (Wildman–Crippen LogP) is 4.10. The van der Waals surface area contributed by atoms with Crippen LogP contribution in [0.1, 0.15) is 5.56 Å². The van der Waals surface area contributed by atoms with E-state index in [2.05, 4.69) is 9.97 Å². The number of para-hydroxylation sites is 2. The first-order chi connectivity index (χ1) is 13.4. The summed E-state index contributed by atoms with van der Waals surface area (Å²) in [7, 11) is -3.92. The maximum Gasteiger partial charge on any atom is 0.344 e. The highest BCUT2D eigenvalue weighted by Gasteiger charge is 2.26. The van der Waals surface area contributed by atoms with Crippen molar-refractivity contribution in [2.75, 3.05) is 0 Å². The molecule has 0 fully saturated rings. The van der Waals surface area contributed by atoms with Crippen molar-refractivity contribution in [3.8, 4) is 0 Å². The van der Waals surface area contributed by atoms with E-state index in [4.69, 9.17) is 0 Å². The fourth-order valence-corrected chi connectivity index (χ4v) is 6.01. The number of hydrogen-bond acceptors (Lipinski definition) is 8. The van der Waals surface area contributed by atoms with Gasteiger partial charge in [0.1, 0.15) is 6.20 Å². The molecule has 0 atom stereocenters. The molecular formula is C17H12N4O4S3. The second kappa shape index (κ2) is 7.00. The summed E-state index contributed by atoms with van der Waals surface area (Å²) in [5.74, 6) is 0. The van der Waals surface area contributed by atoms with Crippen molar-refractivity contribution < 1.29 is 13.3 Å². The van der Waals surface area contributed by atoms with Gasteiger partial charge in [-0.3, -0.25) is 10.1 Å². The lowest BCUT2D eigenvalue weighted by Gasteiger charge is -2.09. The maximum absolute atomic E-state index is 13.3. The van der Waals surface area contributed by atoms with E-state index in [0.717, 1.165) is 38.8 Å². The number of nitro groups is 1. The zero-order valence-electron chi connectivity index (χ0n) is 14.3. The van der Waals surface area contributed by atoms with Crippen LogP contribution >= 0.6 is 23.1 Å². The molecule has 0 aliphatic rings. The summed E-state index contributed by atoms with van der Waals surface area (Å²) < 4.78 is 28.2. The van der Waals surface area contributed by atoms with Gasteiger partial charge in [0.2, 0.25) is 0 Å². The minimum Gasteiger partial charge on any atom is -0.257 e. The van der Waals surface area contributed by atoms with Gasteiger partial charge in [-0.15, -0.1) is 0 Å². The first-order valence-electron chi connectivity index (χ1n) is 7.94. The van der Waals surface area contributed by atoms with Gasteiger partial charge in [0, 0.05) is 0 Å². The summed E-state index contributed by atoms with van der Waals surface area (Å²) in [6.07, 6.45) is 1.15. The average molecular weight is 433 g/mol. The monoisotopic (exact) mass is 432 g/mol. The van der Waals surface area contributed by atoms with Crippen LogP contribution in [0.4, 0.5) is 5.00 Å². The van der Waals surface area contributed by atoms with Crippen LogP contribution < -0.4 is 0 Å². The minimum atomic E-state index is -3.92. The van der Waals surface area contributed by atoms with E-state index < -0.39 is 14.9 Å². The Kier molecular flexibility index (Phi) is 4.65. The van der Waals surface area contributed by atoms with Gasteiger partial charge in [0.25, 0.3) is 10.0 Å². The molecule has 2 heterocycles. The van der Waals surface area contributed by atoms with Crippen molar-refractivity contribution in [1.29, 1.82) is 0 Å². The van der Waals surface area contributed by atoms with Gasteiger partial charge in [0.15, 0.2) is 9.50 Å². The van der Waals surface area contributed by atoms with Crippen molar-refractivity contribution in [3.63, 3.8) is 0 Å². The Hall–Kier alpha value is -2.76. The number of aromatic nitrogens is 3. The molecule has 0 radical (unpaired) electrons. The van der Waals surface area contributed by atoms with Crippen molar-refractivity contribution >= 4 is 49.2 Å². The minimum absolute atomic E-state index is 0.119. The number of hydrogen-bond donors (Lipinski definition) is 0. The Morgan fingerprint density at radius 1 is 1.14 bits per heavy atom. The second-order valence-electron chi connectivity index (χ2n) is 5.79. The van der Waals surface area contributed by atoms with Gasteiger partial charge >= 0.3 is 5.00 Å². The number of aryl methyl sites for hydroxylation is 1. The van der Waals surface area contributed by atoms with E-state index in [-0.39, 0.29) is 15.1 Å². The Labute approximate surface area is 168 Å². The van der Waals surface area contributed by atoms with E-state index in [9.17, 15) is 18.5 Å². The lowest BCUT2D eigenvalue weighted by atomic mass is 10.2. The molecule has 0 saturated carbocycles. The van der Waals surface area contributed by atoms with Crippen LogP contribution in [0.3, 0.4) is 0 Å². The molecule has 11 heteroatoms. The summed E-state index contributed by atoms with van der Waals surface area (Å²) in [6, 6.07) is 13.4. The molecule has 142 valence electrons. The Balaban J connectivity index is 1.87. The fourth-order valence-electron chi connectivity index (χ4n) is 2.55. The molecular weight excluding hydrogens is 420 g/mol. The van der Waals surface area contributed by atoms with E-state index in [0.29, 0.717) is 15.4 Å². The van der Waals surface area contributed by atoms with Gasteiger partial charge < -0.3 is 0 Å². The molecule has 28 heavy (non-hydrogen) atoms. The van der Waals surface area contributed by atoms with E-state index in [1.54, 1.807) is 48.5 Å². The van der Waals surface area contributed by atoms with Crippen LogP contribution in [0.5, 0.6) is 0 Å². The number of rotatable bonds is 5. The highest BCUT2D eigenvalue weighted by Crippen LogP contribution is 2.36. The molecule has 0 bridgehead atoms. The normalized spacial score (nSPS) is 11.8. The molecule has 4 rings (SSSR count). The number of benzene rings is 2. The molecule has 0 aliphatic carbocycles. The number of fused-ring (bicyclic) bond motifs is 1. The van der Waals surface area contributed by atoms with Gasteiger partial charge in [-0.1, -0.05) is 29.8 Å². The second-order valence-corrected chi connectivity index (χ2v) is 9.80. The van der Waals surface area contributed by atoms with Crippen LogP contribution in [-0.4, -0.2) is 27.3 Å². The fraction of sp³-hybridized carbons (Fsp3) is 0.0588. The SMILES string of the molecule is Cc1ccc(S(=O)(=O)n2c(Sc3ncc([N+](=O)[O-])s3)nc3ccccc32)cc1. The van der Waals surface area contributed by atoms with E-state index in [1.807, 2.05) is 6.92 Å². The van der Waals surface area contributed by atoms with Gasteiger partial charge in [-0.25, -0.2) is 22.4 Å². The zero-order valence-corrected chi connectivity index (χ0v) is 16.8. The number of imidazole rings is 1. The third-order valence-corrected chi connectivity index (χ3v) is 7.69. The van der Waals surface area contributed by atoms with Crippen molar-refractivity contribution in [2.24, 2.45) is 0 Å². The highest BCUT2D eigenvalue weighted by atomic mass is 32.2. The van der Waals surface area contributed by atoms with Crippen molar-refractivity contribution in [3.05, 3.63) is 70.4 Å². The van der Waals surface area contributed by atoms with Crippen LogP contribution in [-0.2, 0) is 10.0 Å². The molecule has 0 N–H and O–H groups in total. The Morgan fingerprint density at radius 2 is 1.86 bits per heavy atom. The van der Waals surface area contributed by atoms with E-state index in [1.165, 1.54) is 0 Å². The molecule has 0 spiro atoms. The smallest absolute Gasteiger partial charge is 0.257 e. The summed E-state index contributed by atoms with van der Waals surface area (Å²) >= 11 is 1.85. The molecule has 8 nitrogen and oxygen atoms in total. The van der Waals surface area contributed by atoms with Gasteiger partial charge in [-0.2, -0.15) is 0 Å². The quantitative estimate of drug-likeness (QED) is 0.345. The highest BCUT2D eigenvalue weighted by molar-refractivity contribution is 8.01. The molecule has 2 aromatic heterocycles. The van der Waals surface area contributed by atoms with Crippen LogP contribution in [0.25, 0.3) is 11.0 Å². The number of thiazole rings is 1. The molecule has 2 aromatic carbocycles. The van der Waals surface area contributed by atoms with Gasteiger partial charge in [-0.05, 0) is 54.3 Å². The maximum atomic E-state index is 13.3. The largest absolute Gasteiger partial charge is 0.344 e. The molecule has 0 unspecified atom stereocenters. The first kappa shape index (κ1) is 18.6. The average Bonchev–Trinajstić information content (AvgIpc) is 3.27. The topological polar surface area (TPSA) is 108 Å². The standard InChI is InChI=1S/C17H12N4O4S3/c1-11-6-8-12(9-7-11)28(24,25)20-14-5-3-2-4-13(14)19-16(20)27-17-18-10-15(26-17)21(22)23/h2-10H,1H3. The Bertz CT molecular complexity index is 1290. The first-order valence-corrected chi connectivity index (χ1v) is 11.0. The Morgan fingerprint density at radius 3 is 2.54 bits per heavy atom. The van der Waals surface area contributed by atoms with E-state index >= 15 is 0 Å². The van der Waals surface area contributed by atoms with Crippen LogP contribution in [0.2, 0.25) is 0 Å². The summed E-state index contributed by atoms with van der Waals surface area (Å²) in [5, 5.41) is 10.9. The molecule has 0 aliphatic heterocycles. The van der Waals surface area contributed by atoms with Crippen molar-refractivity contribution in [1.82, 2.24) is 13.9 Å².